The lowest BCUT2D eigenvalue weighted by molar-refractivity contribution is 0.0718. The molecule has 1 saturated heterocycles. The van der Waals surface area contributed by atoms with Gasteiger partial charge >= 0.3 is 0 Å². The number of hydrogen-bond donors (Lipinski definition) is 2. The fraction of sp³-hybridized carbons (Fsp3) is 0.786. The van der Waals surface area contributed by atoms with E-state index in [9.17, 15) is 0 Å². The summed E-state index contributed by atoms with van der Waals surface area (Å²) in [4.78, 5) is 7.21. The van der Waals surface area contributed by atoms with Crippen LogP contribution < -0.4 is 11.3 Å². The summed E-state index contributed by atoms with van der Waals surface area (Å²) in [7, 11) is 2.05. The van der Waals surface area contributed by atoms with E-state index in [0.29, 0.717) is 0 Å². The largest absolute Gasteiger partial charge is 0.337 e. The minimum absolute atomic E-state index is 0.132. The Bertz CT molecular complexity index is 415. The van der Waals surface area contributed by atoms with Crippen LogP contribution in [0, 0.1) is 0 Å². The smallest absolute Gasteiger partial charge is 0.128 e. The van der Waals surface area contributed by atoms with Gasteiger partial charge in [0.15, 0.2) is 0 Å². The molecule has 1 aromatic heterocycles. The highest BCUT2D eigenvalue weighted by molar-refractivity contribution is 5.13. The van der Waals surface area contributed by atoms with E-state index in [1.165, 1.54) is 51.6 Å². The van der Waals surface area contributed by atoms with Gasteiger partial charge in [-0.2, -0.15) is 0 Å². The molecule has 1 atom stereocenters. The second-order valence-electron chi connectivity index (χ2n) is 6.00. The number of imidazole rings is 1. The van der Waals surface area contributed by atoms with Gasteiger partial charge in [0.2, 0.25) is 0 Å². The summed E-state index contributed by atoms with van der Waals surface area (Å²) in [6.45, 7) is 2.42. The number of likely N-dealkylation sites (tertiary alicyclic amines) is 1. The second kappa shape index (κ2) is 5.23. The Balaban J connectivity index is 1.95. The molecule has 2 aliphatic rings. The van der Waals surface area contributed by atoms with Crippen molar-refractivity contribution in [1.29, 1.82) is 0 Å². The number of aryl methyl sites for hydroxylation is 1. The van der Waals surface area contributed by atoms with Crippen molar-refractivity contribution in [2.75, 3.05) is 13.1 Å². The maximum atomic E-state index is 5.94. The van der Waals surface area contributed by atoms with Crippen molar-refractivity contribution < 1.29 is 0 Å². The molecule has 0 bridgehead atoms. The van der Waals surface area contributed by atoms with E-state index in [1.54, 1.807) is 0 Å². The summed E-state index contributed by atoms with van der Waals surface area (Å²) in [5.74, 6) is 7.00. The van der Waals surface area contributed by atoms with Crippen molar-refractivity contribution in [3.05, 3.63) is 18.2 Å². The second-order valence-corrected chi connectivity index (χ2v) is 6.00. The summed E-state index contributed by atoms with van der Waals surface area (Å²) in [6, 6.07) is 0.132. The standard InChI is InChI=1S/C14H25N5/c1-18-11-8-16-13(18)12(17-15)14(6-2-3-7-14)19-9-4-5-10-19/h8,11-12,17H,2-7,9-10,15H2,1H3. The predicted octanol–water partition coefficient (Wildman–Crippen LogP) is 1.33. The van der Waals surface area contributed by atoms with Crippen LogP contribution in [0.4, 0.5) is 0 Å². The summed E-state index contributed by atoms with van der Waals surface area (Å²) in [6.07, 6.45) is 11.6. The van der Waals surface area contributed by atoms with E-state index in [1.807, 2.05) is 12.4 Å². The lowest BCUT2D eigenvalue weighted by Gasteiger charge is -2.44. The van der Waals surface area contributed by atoms with Crippen molar-refractivity contribution in [3.8, 4) is 0 Å². The lowest BCUT2D eigenvalue weighted by Crippen LogP contribution is -2.56. The van der Waals surface area contributed by atoms with Gasteiger partial charge < -0.3 is 4.57 Å². The molecule has 5 nitrogen and oxygen atoms in total. The highest BCUT2D eigenvalue weighted by atomic mass is 15.3. The highest BCUT2D eigenvalue weighted by Crippen LogP contribution is 2.45. The van der Waals surface area contributed by atoms with Gasteiger partial charge in [-0.25, -0.2) is 10.4 Å². The minimum atomic E-state index is 0.132. The normalized spacial score (nSPS) is 24.9. The molecular formula is C14H25N5. The van der Waals surface area contributed by atoms with E-state index in [2.05, 4.69) is 26.9 Å². The van der Waals surface area contributed by atoms with Crippen LogP contribution in [0.5, 0.6) is 0 Å². The number of nitrogens with one attached hydrogen (secondary N) is 1. The van der Waals surface area contributed by atoms with E-state index in [0.717, 1.165) is 5.82 Å². The quantitative estimate of drug-likeness (QED) is 0.635. The van der Waals surface area contributed by atoms with Crippen LogP contribution >= 0.6 is 0 Å². The first-order valence-corrected chi connectivity index (χ1v) is 7.46. The molecule has 2 fully saturated rings. The van der Waals surface area contributed by atoms with Crippen LogP contribution in [-0.4, -0.2) is 33.1 Å². The van der Waals surface area contributed by atoms with Crippen molar-refractivity contribution in [2.24, 2.45) is 12.9 Å². The average molecular weight is 263 g/mol. The van der Waals surface area contributed by atoms with Crippen molar-refractivity contribution >= 4 is 0 Å². The van der Waals surface area contributed by atoms with Crippen LogP contribution in [0.2, 0.25) is 0 Å². The zero-order chi connectivity index (χ0) is 13.3. The molecule has 0 amide bonds. The van der Waals surface area contributed by atoms with Gasteiger partial charge in [-0.3, -0.25) is 10.7 Å². The fourth-order valence-electron chi connectivity index (χ4n) is 4.06. The molecule has 19 heavy (non-hydrogen) atoms. The lowest BCUT2D eigenvalue weighted by atomic mass is 9.86. The van der Waals surface area contributed by atoms with Gasteiger partial charge in [-0.05, 0) is 38.8 Å². The van der Waals surface area contributed by atoms with Gasteiger partial charge in [-0.15, -0.1) is 0 Å². The Morgan fingerprint density at radius 2 is 1.95 bits per heavy atom. The van der Waals surface area contributed by atoms with Crippen LogP contribution in [0.15, 0.2) is 12.4 Å². The van der Waals surface area contributed by atoms with Gasteiger partial charge in [-0.1, -0.05) is 12.8 Å². The molecule has 1 saturated carbocycles. The molecule has 3 N–H and O–H groups in total. The summed E-state index contributed by atoms with van der Waals surface area (Å²) in [5, 5.41) is 0. The average Bonchev–Trinajstić information content (AvgIpc) is 3.12. The highest BCUT2D eigenvalue weighted by Gasteiger charge is 2.48. The molecule has 5 heteroatoms. The first-order chi connectivity index (χ1) is 9.28. The third kappa shape index (κ3) is 2.10. The van der Waals surface area contributed by atoms with E-state index in [4.69, 9.17) is 5.84 Å². The number of hydrazine groups is 1. The van der Waals surface area contributed by atoms with Gasteiger partial charge in [0, 0.05) is 25.0 Å². The summed E-state index contributed by atoms with van der Waals surface area (Å²) < 4.78 is 2.10. The Labute approximate surface area is 115 Å². The monoisotopic (exact) mass is 263 g/mol. The third-order valence-corrected chi connectivity index (χ3v) is 5.03. The maximum absolute atomic E-state index is 5.94. The molecule has 1 unspecified atom stereocenters. The maximum Gasteiger partial charge on any atom is 0.128 e. The SMILES string of the molecule is Cn1ccnc1C(NN)C1(N2CCCC2)CCCC1. The Morgan fingerprint density at radius 3 is 2.47 bits per heavy atom. The molecule has 106 valence electrons. The molecule has 1 aromatic rings. The summed E-state index contributed by atoms with van der Waals surface area (Å²) in [5.41, 5.74) is 3.25. The van der Waals surface area contributed by atoms with Gasteiger partial charge in [0.1, 0.15) is 5.82 Å². The number of nitrogens with zero attached hydrogens (tertiary/aromatic N) is 3. The first-order valence-electron chi connectivity index (χ1n) is 7.46. The van der Waals surface area contributed by atoms with Crippen molar-refractivity contribution in [2.45, 2.75) is 50.1 Å². The zero-order valence-electron chi connectivity index (χ0n) is 11.8. The third-order valence-electron chi connectivity index (χ3n) is 5.03. The predicted molar refractivity (Wildman–Crippen MR) is 75.3 cm³/mol. The van der Waals surface area contributed by atoms with Crippen LogP contribution in [0.25, 0.3) is 0 Å². The zero-order valence-corrected chi connectivity index (χ0v) is 11.8. The fourth-order valence-corrected chi connectivity index (χ4v) is 4.06. The Hall–Kier alpha value is -0.910. The number of rotatable bonds is 4. The molecule has 3 rings (SSSR count). The van der Waals surface area contributed by atoms with Crippen LogP contribution in [0.3, 0.4) is 0 Å². The van der Waals surface area contributed by atoms with Gasteiger partial charge in [0.25, 0.3) is 0 Å². The number of aromatic nitrogens is 2. The van der Waals surface area contributed by atoms with Crippen LogP contribution in [0.1, 0.15) is 50.4 Å². The molecule has 2 heterocycles. The molecule has 1 aliphatic carbocycles. The number of hydrogen-bond acceptors (Lipinski definition) is 4. The molecule has 0 spiro atoms. The topological polar surface area (TPSA) is 59.1 Å². The van der Waals surface area contributed by atoms with Crippen molar-refractivity contribution in [3.63, 3.8) is 0 Å². The molecular weight excluding hydrogens is 238 g/mol. The van der Waals surface area contributed by atoms with Crippen molar-refractivity contribution in [1.82, 2.24) is 19.9 Å². The first kappa shape index (κ1) is 13.1. The minimum Gasteiger partial charge on any atom is -0.337 e. The Morgan fingerprint density at radius 1 is 1.26 bits per heavy atom. The van der Waals surface area contributed by atoms with E-state index in [-0.39, 0.29) is 11.6 Å². The summed E-state index contributed by atoms with van der Waals surface area (Å²) >= 11 is 0. The van der Waals surface area contributed by atoms with Crippen LogP contribution in [-0.2, 0) is 7.05 Å². The molecule has 1 aliphatic heterocycles. The number of nitrogens with two attached hydrogens (primary N) is 1. The van der Waals surface area contributed by atoms with Gasteiger partial charge in [0.05, 0.1) is 6.04 Å². The Kier molecular flexibility index (Phi) is 3.60. The van der Waals surface area contributed by atoms with E-state index >= 15 is 0 Å². The van der Waals surface area contributed by atoms with E-state index < -0.39 is 0 Å². The molecule has 0 aromatic carbocycles. The molecule has 0 radical (unpaired) electrons.